The second kappa shape index (κ2) is 7.74. The Morgan fingerprint density at radius 2 is 1.65 bits per heavy atom. The molecule has 0 fully saturated rings. The van der Waals surface area contributed by atoms with E-state index in [0.717, 1.165) is 11.3 Å². The maximum absolute atomic E-state index is 12.9. The molecule has 2 aromatic carbocycles. The number of benzene rings is 2. The number of carbonyl (C=O) groups excluding carboxylic acids is 1. The summed E-state index contributed by atoms with van der Waals surface area (Å²) in [6, 6.07) is 13.6. The molecule has 0 unspecified atom stereocenters. The summed E-state index contributed by atoms with van der Waals surface area (Å²) in [6.07, 6.45) is 2.90. The molecule has 3 aromatic rings. The quantitative estimate of drug-likeness (QED) is 0.698. The number of hydrogen-bond acceptors (Lipinski definition) is 4. The number of nitrogens with one attached hydrogen (secondary N) is 2. The first kappa shape index (κ1) is 17.5. The van der Waals surface area contributed by atoms with Gasteiger partial charge in [-0.05, 0) is 41.8 Å². The van der Waals surface area contributed by atoms with E-state index >= 15 is 0 Å². The van der Waals surface area contributed by atoms with Crippen LogP contribution in [0.25, 0.3) is 0 Å². The lowest BCUT2D eigenvalue weighted by atomic mass is 10.0. The van der Waals surface area contributed by atoms with Crippen molar-refractivity contribution in [2.24, 2.45) is 0 Å². The van der Waals surface area contributed by atoms with E-state index in [9.17, 15) is 9.18 Å². The van der Waals surface area contributed by atoms with Gasteiger partial charge in [0.05, 0.1) is 5.56 Å². The molecule has 1 heterocycles. The van der Waals surface area contributed by atoms with Gasteiger partial charge in [-0.15, -0.1) is 0 Å². The van der Waals surface area contributed by atoms with Crippen LogP contribution in [0.15, 0.2) is 60.9 Å². The maximum atomic E-state index is 12.9. The van der Waals surface area contributed by atoms with E-state index in [1.54, 1.807) is 12.1 Å². The molecule has 1 amide bonds. The molecule has 0 aliphatic heterocycles. The van der Waals surface area contributed by atoms with Gasteiger partial charge in [-0.25, -0.2) is 14.4 Å². The third kappa shape index (κ3) is 4.22. The summed E-state index contributed by atoms with van der Waals surface area (Å²) < 4.78 is 12.9. The summed E-state index contributed by atoms with van der Waals surface area (Å²) in [5.41, 5.74) is 2.86. The summed E-state index contributed by atoms with van der Waals surface area (Å²) >= 11 is 0. The van der Waals surface area contributed by atoms with Crippen LogP contribution in [-0.2, 0) is 0 Å². The van der Waals surface area contributed by atoms with Gasteiger partial charge in [-0.1, -0.05) is 32.0 Å². The van der Waals surface area contributed by atoms with Gasteiger partial charge in [0.25, 0.3) is 5.91 Å². The summed E-state index contributed by atoms with van der Waals surface area (Å²) in [6.45, 7) is 4.15. The second-order valence-corrected chi connectivity index (χ2v) is 6.12. The van der Waals surface area contributed by atoms with Crippen LogP contribution >= 0.6 is 0 Å². The highest BCUT2D eigenvalue weighted by atomic mass is 19.1. The van der Waals surface area contributed by atoms with Gasteiger partial charge in [0.2, 0.25) is 5.95 Å². The number of halogens is 1. The monoisotopic (exact) mass is 350 g/mol. The Morgan fingerprint density at radius 1 is 1.00 bits per heavy atom. The predicted molar refractivity (Wildman–Crippen MR) is 100 cm³/mol. The van der Waals surface area contributed by atoms with Gasteiger partial charge in [-0.3, -0.25) is 4.79 Å². The number of para-hydroxylation sites is 1. The van der Waals surface area contributed by atoms with E-state index in [1.807, 2.05) is 24.3 Å². The van der Waals surface area contributed by atoms with Gasteiger partial charge in [0, 0.05) is 23.8 Å². The van der Waals surface area contributed by atoms with Gasteiger partial charge >= 0.3 is 0 Å². The average Bonchev–Trinajstić information content (AvgIpc) is 2.64. The largest absolute Gasteiger partial charge is 0.324 e. The molecule has 0 aliphatic carbocycles. The van der Waals surface area contributed by atoms with E-state index in [4.69, 9.17) is 0 Å². The highest BCUT2D eigenvalue weighted by Gasteiger charge is 2.12. The van der Waals surface area contributed by atoms with Crippen molar-refractivity contribution in [1.82, 2.24) is 9.97 Å². The van der Waals surface area contributed by atoms with Crippen LogP contribution in [0.2, 0.25) is 0 Å². The van der Waals surface area contributed by atoms with Crippen molar-refractivity contribution in [2.75, 3.05) is 10.6 Å². The minimum Gasteiger partial charge on any atom is -0.324 e. The molecule has 0 aliphatic rings. The minimum atomic E-state index is -0.315. The van der Waals surface area contributed by atoms with Crippen LogP contribution in [0, 0.1) is 5.82 Å². The molecule has 3 rings (SSSR count). The number of hydrogen-bond donors (Lipinski definition) is 2. The molecule has 5 nitrogen and oxygen atoms in total. The smallest absolute Gasteiger partial charge is 0.258 e. The molecule has 0 spiro atoms. The van der Waals surface area contributed by atoms with Crippen molar-refractivity contribution in [2.45, 2.75) is 19.8 Å². The van der Waals surface area contributed by atoms with Gasteiger partial charge in [0.15, 0.2) is 0 Å². The van der Waals surface area contributed by atoms with Gasteiger partial charge in [0.1, 0.15) is 5.82 Å². The molecule has 2 N–H and O–H groups in total. The van der Waals surface area contributed by atoms with Crippen LogP contribution in [-0.4, -0.2) is 15.9 Å². The lowest BCUT2D eigenvalue weighted by Gasteiger charge is -2.13. The molecule has 0 saturated heterocycles. The zero-order valence-electron chi connectivity index (χ0n) is 14.5. The summed E-state index contributed by atoms with van der Waals surface area (Å²) in [4.78, 5) is 20.7. The van der Waals surface area contributed by atoms with Crippen molar-refractivity contribution >= 4 is 23.2 Å². The van der Waals surface area contributed by atoms with E-state index in [0.29, 0.717) is 23.1 Å². The number of nitrogens with zero attached hydrogens (tertiary/aromatic N) is 2. The first-order chi connectivity index (χ1) is 12.5. The van der Waals surface area contributed by atoms with E-state index < -0.39 is 0 Å². The van der Waals surface area contributed by atoms with Crippen molar-refractivity contribution in [1.29, 1.82) is 0 Å². The van der Waals surface area contributed by atoms with Crippen molar-refractivity contribution in [3.63, 3.8) is 0 Å². The molecule has 1 aromatic heterocycles. The van der Waals surface area contributed by atoms with Crippen LogP contribution in [0.5, 0.6) is 0 Å². The maximum Gasteiger partial charge on any atom is 0.258 e. The molecule has 6 heteroatoms. The second-order valence-electron chi connectivity index (χ2n) is 6.12. The lowest BCUT2D eigenvalue weighted by molar-refractivity contribution is 0.102. The minimum absolute atomic E-state index is 0.272. The Labute approximate surface area is 151 Å². The molecule has 0 bridgehead atoms. The predicted octanol–water partition coefficient (Wildman–Crippen LogP) is 4.74. The van der Waals surface area contributed by atoms with Crippen LogP contribution in [0.3, 0.4) is 0 Å². The first-order valence-electron chi connectivity index (χ1n) is 8.28. The summed E-state index contributed by atoms with van der Waals surface area (Å²) in [5.74, 6) is 0.0392. The zero-order chi connectivity index (χ0) is 18.5. The standard InChI is InChI=1S/C20H19FN4O/c1-13(2)17-5-3-4-6-18(17)25-19(26)14-11-22-20(23-12-14)24-16-9-7-15(21)8-10-16/h3-13H,1-2H3,(H,25,26)(H,22,23,24). The van der Waals surface area contributed by atoms with Gasteiger partial charge < -0.3 is 10.6 Å². The van der Waals surface area contributed by atoms with Crippen molar-refractivity contribution < 1.29 is 9.18 Å². The normalized spacial score (nSPS) is 10.6. The third-order valence-corrected chi connectivity index (χ3v) is 3.85. The fourth-order valence-corrected chi connectivity index (χ4v) is 2.48. The van der Waals surface area contributed by atoms with Crippen molar-refractivity contribution in [3.05, 3.63) is 77.9 Å². The summed E-state index contributed by atoms with van der Waals surface area (Å²) in [7, 11) is 0. The van der Waals surface area contributed by atoms with E-state index in [1.165, 1.54) is 24.5 Å². The molecular formula is C20H19FN4O. The summed E-state index contributed by atoms with van der Waals surface area (Å²) in [5, 5.41) is 5.85. The highest BCUT2D eigenvalue weighted by molar-refractivity contribution is 6.04. The van der Waals surface area contributed by atoms with Crippen LogP contribution in [0.4, 0.5) is 21.7 Å². The van der Waals surface area contributed by atoms with Crippen LogP contribution in [0.1, 0.15) is 35.7 Å². The third-order valence-electron chi connectivity index (χ3n) is 3.85. The molecular weight excluding hydrogens is 331 g/mol. The molecule has 0 radical (unpaired) electrons. The number of aromatic nitrogens is 2. The molecule has 0 saturated carbocycles. The zero-order valence-corrected chi connectivity index (χ0v) is 14.5. The topological polar surface area (TPSA) is 66.9 Å². The highest BCUT2D eigenvalue weighted by Crippen LogP contribution is 2.24. The number of amides is 1. The Hall–Kier alpha value is -3.28. The Bertz CT molecular complexity index is 892. The Morgan fingerprint density at radius 3 is 2.31 bits per heavy atom. The van der Waals surface area contributed by atoms with E-state index in [2.05, 4.69) is 34.4 Å². The number of carbonyl (C=O) groups is 1. The van der Waals surface area contributed by atoms with Crippen LogP contribution < -0.4 is 10.6 Å². The fourth-order valence-electron chi connectivity index (χ4n) is 2.48. The Balaban J connectivity index is 1.70. The first-order valence-corrected chi connectivity index (χ1v) is 8.28. The van der Waals surface area contributed by atoms with Crippen molar-refractivity contribution in [3.8, 4) is 0 Å². The Kier molecular flexibility index (Phi) is 5.22. The number of rotatable bonds is 5. The van der Waals surface area contributed by atoms with Gasteiger partial charge in [-0.2, -0.15) is 0 Å². The average molecular weight is 350 g/mol. The fraction of sp³-hybridized carbons (Fsp3) is 0.150. The molecule has 26 heavy (non-hydrogen) atoms. The SMILES string of the molecule is CC(C)c1ccccc1NC(=O)c1cnc(Nc2ccc(F)cc2)nc1. The van der Waals surface area contributed by atoms with E-state index in [-0.39, 0.29) is 11.7 Å². The molecule has 0 atom stereocenters. The lowest BCUT2D eigenvalue weighted by Crippen LogP contribution is -2.14. The molecule has 132 valence electrons. The number of anilines is 3.